The number of Topliss-reactive ketones (excluding diaryl/α,β-unsaturated/α-hetero) is 4. The fourth-order valence-electron chi connectivity index (χ4n) is 4.34. The maximum atomic E-state index is 10.6. The van der Waals surface area contributed by atoms with Crippen molar-refractivity contribution < 1.29 is 48.2 Å². The highest BCUT2D eigenvalue weighted by Crippen LogP contribution is 2.17. The van der Waals surface area contributed by atoms with Crippen LogP contribution in [0.5, 0.6) is 5.75 Å². The molecule has 0 bridgehead atoms. The molecule has 0 aromatic heterocycles. The van der Waals surface area contributed by atoms with Gasteiger partial charge in [-0.2, -0.15) is 0 Å². The van der Waals surface area contributed by atoms with Crippen molar-refractivity contribution >= 4 is 59.2 Å². The van der Waals surface area contributed by atoms with Crippen LogP contribution in [-0.2, 0) is 19.2 Å². The van der Waals surface area contributed by atoms with Crippen LogP contribution in [0.2, 0.25) is 5.02 Å². The number of esters is 1. The second-order valence-electron chi connectivity index (χ2n) is 12.6. The summed E-state index contributed by atoms with van der Waals surface area (Å²) in [6.07, 6.45) is 11.5. The number of carboxylic acid groups (broad SMARTS) is 1. The maximum Gasteiger partial charge on any atom is 0.339 e. The number of benzene rings is 4. The lowest BCUT2D eigenvalue weighted by Gasteiger charge is -2.03. The molecule has 4 rings (SSSR count). The normalized spacial score (nSPS) is 9.16. The van der Waals surface area contributed by atoms with Gasteiger partial charge in [-0.25, -0.2) is 4.79 Å². The first-order valence-electron chi connectivity index (χ1n) is 18.8. The first-order chi connectivity index (χ1) is 27.6. The van der Waals surface area contributed by atoms with Gasteiger partial charge in [-0.3, -0.25) is 28.8 Å². The fourth-order valence-corrected chi connectivity index (χ4v) is 4.52. The van der Waals surface area contributed by atoms with Gasteiger partial charge in [-0.05, 0) is 52.3 Å². The van der Waals surface area contributed by atoms with Crippen LogP contribution >= 0.6 is 11.6 Å². The molecule has 10 nitrogen and oxygen atoms in total. The third-order valence-corrected chi connectivity index (χ3v) is 7.49. The van der Waals surface area contributed by atoms with E-state index in [0.29, 0.717) is 16.4 Å². The third kappa shape index (κ3) is 32.4. The van der Waals surface area contributed by atoms with Crippen LogP contribution in [0.1, 0.15) is 141 Å². The number of unbranched alkanes of at least 4 members (excludes halogenated alkanes) is 6. The topological polar surface area (TPSA) is 166 Å². The monoisotopic (exact) mass is 816 g/mol. The smallest absolute Gasteiger partial charge is 0.339 e. The quantitative estimate of drug-likeness (QED) is 0.0305. The molecule has 0 aliphatic rings. The number of carboxylic acids is 1. The number of aromatic carboxylic acids is 1. The minimum atomic E-state index is -1.11. The van der Waals surface area contributed by atoms with Gasteiger partial charge in [0.25, 0.3) is 0 Å². The van der Waals surface area contributed by atoms with Crippen molar-refractivity contribution in [2.45, 2.75) is 99.3 Å². The lowest BCUT2D eigenvalue weighted by molar-refractivity contribution is -0.132. The number of rotatable bonds is 15. The van der Waals surface area contributed by atoms with Gasteiger partial charge in [0.1, 0.15) is 34.9 Å². The first-order valence-corrected chi connectivity index (χ1v) is 19.2. The van der Waals surface area contributed by atoms with Crippen LogP contribution in [0, 0.1) is 0 Å². The lowest BCUT2D eigenvalue weighted by Crippen LogP contribution is -2.06. The van der Waals surface area contributed by atoms with Gasteiger partial charge >= 0.3 is 11.9 Å². The SMILES string of the molecule is CC(=O)CC(C)=O.CC(=O)Oc1ccccc1C(=O)O.CC(=O)c1ccccc1.CCCCCCCCCC(C)=O.O=Cc1ccccc1.O=Cc1ccccc1Cl. The van der Waals surface area contributed by atoms with E-state index >= 15 is 0 Å². The number of hydrogen-bond donors (Lipinski definition) is 1. The van der Waals surface area contributed by atoms with E-state index in [0.717, 1.165) is 36.5 Å². The maximum absolute atomic E-state index is 10.6. The molecule has 0 heterocycles. The zero-order valence-corrected chi connectivity index (χ0v) is 35.2. The third-order valence-electron chi connectivity index (χ3n) is 7.15. The van der Waals surface area contributed by atoms with Crippen molar-refractivity contribution in [3.63, 3.8) is 0 Å². The number of para-hydroxylation sites is 1. The molecule has 0 amide bonds. The first kappa shape index (κ1) is 54.2. The van der Waals surface area contributed by atoms with Crippen LogP contribution in [0.4, 0.5) is 0 Å². The predicted molar refractivity (Wildman–Crippen MR) is 229 cm³/mol. The molecule has 0 aliphatic heterocycles. The summed E-state index contributed by atoms with van der Waals surface area (Å²) in [6.45, 7) is 9.50. The van der Waals surface area contributed by atoms with Crippen molar-refractivity contribution in [3.8, 4) is 5.75 Å². The highest BCUT2D eigenvalue weighted by atomic mass is 35.5. The van der Waals surface area contributed by atoms with E-state index in [1.807, 2.05) is 48.5 Å². The Morgan fingerprint density at radius 2 is 1.07 bits per heavy atom. The zero-order chi connectivity index (χ0) is 44.1. The van der Waals surface area contributed by atoms with E-state index in [-0.39, 0.29) is 35.1 Å². The van der Waals surface area contributed by atoms with Gasteiger partial charge in [0.15, 0.2) is 12.1 Å². The van der Waals surface area contributed by atoms with Crippen molar-refractivity contribution in [2.75, 3.05) is 0 Å². The second-order valence-corrected chi connectivity index (χ2v) is 13.0. The Balaban J connectivity index is 0. The summed E-state index contributed by atoms with van der Waals surface area (Å²) in [5.74, 6) is -1.24. The molecule has 0 saturated heterocycles. The molecule has 0 unspecified atom stereocenters. The van der Waals surface area contributed by atoms with Gasteiger partial charge in [0.05, 0.1) is 11.4 Å². The molecule has 0 radical (unpaired) electrons. The van der Waals surface area contributed by atoms with E-state index in [1.165, 1.54) is 71.4 Å². The Morgan fingerprint density at radius 3 is 1.45 bits per heavy atom. The van der Waals surface area contributed by atoms with Crippen LogP contribution in [-0.4, -0.2) is 52.8 Å². The molecule has 0 saturated carbocycles. The summed E-state index contributed by atoms with van der Waals surface area (Å²) in [4.78, 5) is 82.6. The lowest BCUT2D eigenvalue weighted by atomic mass is 10.1. The zero-order valence-electron chi connectivity index (χ0n) is 34.4. The summed E-state index contributed by atoms with van der Waals surface area (Å²) in [5, 5.41) is 9.19. The number of hydrogen-bond acceptors (Lipinski definition) is 9. The number of aldehydes is 2. The van der Waals surface area contributed by atoms with Crippen LogP contribution in [0.15, 0.2) is 109 Å². The Hall–Kier alpha value is -5.87. The molecular weight excluding hydrogens is 760 g/mol. The number of ketones is 4. The molecular formula is C47H57ClO10. The average molecular weight is 817 g/mol. The molecule has 58 heavy (non-hydrogen) atoms. The summed E-state index contributed by atoms with van der Waals surface area (Å²) in [5.41, 5.74) is 2.03. The Morgan fingerprint density at radius 1 is 0.586 bits per heavy atom. The molecule has 312 valence electrons. The van der Waals surface area contributed by atoms with Gasteiger partial charge in [0.2, 0.25) is 0 Å². The molecule has 0 fully saturated rings. The minimum Gasteiger partial charge on any atom is -0.478 e. The molecule has 0 aliphatic carbocycles. The van der Waals surface area contributed by atoms with E-state index in [4.69, 9.17) is 16.7 Å². The van der Waals surface area contributed by atoms with Crippen LogP contribution in [0.25, 0.3) is 0 Å². The highest BCUT2D eigenvalue weighted by Gasteiger charge is 2.11. The van der Waals surface area contributed by atoms with Crippen LogP contribution < -0.4 is 4.74 Å². The van der Waals surface area contributed by atoms with E-state index < -0.39 is 11.9 Å². The Kier molecular flexibility index (Phi) is 33.2. The summed E-state index contributed by atoms with van der Waals surface area (Å²) in [6, 6.07) is 31.2. The number of carbonyl (C=O) groups excluding carboxylic acids is 7. The van der Waals surface area contributed by atoms with Crippen molar-refractivity contribution in [1.82, 2.24) is 0 Å². The fraction of sp³-hybridized carbons (Fsp3) is 0.319. The molecule has 0 atom stereocenters. The standard InChI is InChI=1S/C11H22O.C9H8O4.C8H8O.C7H5ClO.C7H6O.C5H8O2/c1-3-4-5-6-7-8-9-10-11(2)12;1-6(10)13-8-5-3-2-4-7(8)9(11)12;1-7(9)8-5-3-2-4-6-8;8-7-4-2-1-3-6(7)5-9;8-6-7-4-2-1-3-5-7;1-4(6)3-5(2)7/h3-10H2,1-2H3;2-5H,1H3,(H,11,12);2-6H,1H3;1-5H;1-6H;3H2,1-2H3. The molecule has 0 spiro atoms. The predicted octanol–water partition coefficient (Wildman–Crippen LogP) is 11.1. The van der Waals surface area contributed by atoms with Crippen molar-refractivity contribution in [3.05, 3.63) is 136 Å². The number of halogens is 1. The Labute approximate surface area is 348 Å². The summed E-state index contributed by atoms with van der Waals surface area (Å²) in [7, 11) is 0. The largest absolute Gasteiger partial charge is 0.478 e. The Bertz CT molecular complexity index is 1790. The molecule has 4 aromatic rings. The minimum absolute atomic E-state index is 0.0160. The van der Waals surface area contributed by atoms with E-state index in [9.17, 15) is 38.4 Å². The van der Waals surface area contributed by atoms with Gasteiger partial charge in [0, 0.05) is 30.0 Å². The number of carbonyl (C=O) groups is 8. The van der Waals surface area contributed by atoms with Gasteiger partial charge in [-0.15, -0.1) is 0 Å². The van der Waals surface area contributed by atoms with Crippen molar-refractivity contribution in [1.29, 1.82) is 0 Å². The van der Waals surface area contributed by atoms with Gasteiger partial charge < -0.3 is 14.6 Å². The number of ether oxygens (including phenoxy) is 1. The molecule has 11 heteroatoms. The summed E-state index contributed by atoms with van der Waals surface area (Å²) >= 11 is 5.59. The van der Waals surface area contributed by atoms with E-state index in [1.54, 1.807) is 62.4 Å². The highest BCUT2D eigenvalue weighted by molar-refractivity contribution is 6.32. The average Bonchev–Trinajstić information content (AvgIpc) is 3.19. The molecule has 4 aromatic carbocycles. The van der Waals surface area contributed by atoms with Gasteiger partial charge in [-0.1, -0.05) is 148 Å². The van der Waals surface area contributed by atoms with Crippen molar-refractivity contribution in [2.24, 2.45) is 0 Å². The van der Waals surface area contributed by atoms with Crippen LogP contribution in [0.3, 0.4) is 0 Å². The van der Waals surface area contributed by atoms with E-state index in [2.05, 4.69) is 11.7 Å². The second kappa shape index (κ2) is 35.5. The molecule has 1 N–H and O–H groups in total. The summed E-state index contributed by atoms with van der Waals surface area (Å²) < 4.78 is 4.69.